The van der Waals surface area contributed by atoms with Gasteiger partial charge >= 0.3 is 0 Å². The molecule has 0 spiro atoms. The van der Waals surface area contributed by atoms with Gasteiger partial charge in [-0.3, -0.25) is 4.98 Å². The number of hydrogen-bond acceptors (Lipinski definition) is 1. The van der Waals surface area contributed by atoms with Crippen molar-refractivity contribution in [3.63, 3.8) is 0 Å². The van der Waals surface area contributed by atoms with E-state index in [-0.39, 0.29) is 11.2 Å². The van der Waals surface area contributed by atoms with Gasteiger partial charge in [0.25, 0.3) is 0 Å². The van der Waals surface area contributed by atoms with Gasteiger partial charge in [0.05, 0.1) is 0 Å². The van der Waals surface area contributed by atoms with E-state index in [1.54, 1.807) is 0 Å². The molecule has 0 radical (unpaired) electrons. The van der Waals surface area contributed by atoms with E-state index >= 15 is 0 Å². The molecule has 0 aliphatic rings. The topological polar surface area (TPSA) is 12.9 Å². The fraction of sp³-hybridized carbons (Fsp3) is 0.444. The predicted octanol–water partition coefficient (Wildman–Crippen LogP) is 2.89. The van der Waals surface area contributed by atoms with Crippen LogP contribution in [0, 0.1) is 5.82 Å². The fourth-order valence-electron chi connectivity index (χ4n) is 0.843. The molecule has 0 saturated carbocycles. The van der Waals surface area contributed by atoms with Crippen molar-refractivity contribution in [3.05, 3.63) is 29.8 Å². The van der Waals surface area contributed by atoms with Crippen LogP contribution < -0.4 is 0 Å². The van der Waals surface area contributed by atoms with Crippen molar-refractivity contribution in [2.75, 3.05) is 5.33 Å². The molecule has 0 bridgehead atoms. The second-order valence-electron chi connectivity index (χ2n) is 3.38. The van der Waals surface area contributed by atoms with Crippen LogP contribution in [-0.4, -0.2) is 10.3 Å². The Hall–Kier alpha value is -0.440. The molecule has 0 atom stereocenters. The van der Waals surface area contributed by atoms with Crippen LogP contribution in [0.3, 0.4) is 0 Å². The Labute approximate surface area is 80.1 Å². The molecule has 0 aromatic carbocycles. The lowest BCUT2D eigenvalue weighted by Crippen LogP contribution is -2.20. The smallest absolute Gasteiger partial charge is 0.126 e. The fourth-order valence-corrected chi connectivity index (χ4v) is 1.13. The number of nitrogens with zero attached hydrogens (tertiary/aromatic N) is 1. The third kappa shape index (κ3) is 2.03. The summed E-state index contributed by atoms with van der Waals surface area (Å²) in [6.45, 7) is 4.03. The van der Waals surface area contributed by atoms with Gasteiger partial charge in [-0.1, -0.05) is 29.8 Å². The van der Waals surface area contributed by atoms with Crippen LogP contribution in [0.4, 0.5) is 4.39 Å². The minimum atomic E-state index is -0.228. The molecule has 0 saturated heterocycles. The van der Waals surface area contributed by atoms with Crippen LogP contribution in [0.1, 0.15) is 19.5 Å². The maximum Gasteiger partial charge on any atom is 0.126 e. The van der Waals surface area contributed by atoms with E-state index < -0.39 is 0 Å². The van der Waals surface area contributed by atoms with Crippen LogP contribution in [0.2, 0.25) is 0 Å². The highest BCUT2D eigenvalue weighted by Gasteiger charge is 2.20. The molecule has 12 heavy (non-hydrogen) atoms. The van der Waals surface area contributed by atoms with Crippen molar-refractivity contribution in [2.45, 2.75) is 19.3 Å². The van der Waals surface area contributed by atoms with Gasteiger partial charge in [0.15, 0.2) is 0 Å². The highest BCUT2D eigenvalue weighted by molar-refractivity contribution is 9.09. The van der Waals surface area contributed by atoms with E-state index in [4.69, 9.17) is 0 Å². The second kappa shape index (κ2) is 3.52. The molecule has 3 heteroatoms. The van der Waals surface area contributed by atoms with E-state index in [0.29, 0.717) is 0 Å². The second-order valence-corrected chi connectivity index (χ2v) is 3.94. The summed E-state index contributed by atoms with van der Waals surface area (Å²) in [6.07, 6.45) is 1.50. The summed E-state index contributed by atoms with van der Waals surface area (Å²) in [4.78, 5) is 4.11. The van der Waals surface area contributed by atoms with Crippen molar-refractivity contribution in [3.8, 4) is 0 Å². The number of halogens is 2. The summed E-state index contributed by atoms with van der Waals surface area (Å²) in [7, 11) is 0. The Morgan fingerprint density at radius 3 is 2.75 bits per heavy atom. The number of aromatic nitrogens is 1. The lowest BCUT2D eigenvalue weighted by Gasteiger charge is -2.20. The highest BCUT2D eigenvalue weighted by Crippen LogP contribution is 2.23. The normalized spacial score (nSPS) is 11.7. The molecule has 0 N–H and O–H groups in total. The first-order valence-corrected chi connectivity index (χ1v) is 4.86. The van der Waals surface area contributed by atoms with Crippen LogP contribution >= 0.6 is 15.9 Å². The molecule has 0 amide bonds. The Morgan fingerprint density at radius 2 is 2.25 bits per heavy atom. The maximum atomic E-state index is 12.8. The van der Waals surface area contributed by atoms with Gasteiger partial charge in [-0.05, 0) is 12.1 Å². The minimum absolute atomic E-state index is 0.109. The zero-order chi connectivity index (χ0) is 9.19. The van der Waals surface area contributed by atoms with Crippen LogP contribution in [-0.2, 0) is 5.41 Å². The Bertz CT molecular complexity index is 273. The van der Waals surface area contributed by atoms with Crippen molar-refractivity contribution >= 4 is 15.9 Å². The summed E-state index contributed by atoms with van der Waals surface area (Å²) < 4.78 is 12.8. The largest absolute Gasteiger partial charge is 0.260 e. The van der Waals surface area contributed by atoms with Gasteiger partial charge in [-0.2, -0.15) is 0 Å². The van der Waals surface area contributed by atoms with Crippen molar-refractivity contribution in [2.24, 2.45) is 0 Å². The minimum Gasteiger partial charge on any atom is -0.260 e. The van der Waals surface area contributed by atoms with Gasteiger partial charge in [0, 0.05) is 22.6 Å². The summed E-state index contributed by atoms with van der Waals surface area (Å²) in [5.74, 6) is -0.228. The number of pyridine rings is 1. The average molecular weight is 232 g/mol. The van der Waals surface area contributed by atoms with E-state index in [2.05, 4.69) is 20.9 Å². The first-order chi connectivity index (χ1) is 5.56. The molecule has 0 aliphatic carbocycles. The quantitative estimate of drug-likeness (QED) is 0.714. The Kier molecular flexibility index (Phi) is 2.83. The van der Waals surface area contributed by atoms with Gasteiger partial charge in [0.2, 0.25) is 0 Å². The lowest BCUT2D eigenvalue weighted by atomic mass is 9.91. The van der Waals surface area contributed by atoms with Crippen molar-refractivity contribution in [1.29, 1.82) is 0 Å². The maximum absolute atomic E-state index is 12.8. The monoisotopic (exact) mass is 231 g/mol. The summed E-state index contributed by atoms with van der Waals surface area (Å²) in [5, 5.41) is 0.774. The van der Waals surface area contributed by atoms with Crippen molar-refractivity contribution < 1.29 is 4.39 Å². The number of hydrogen-bond donors (Lipinski definition) is 0. The molecule has 1 aromatic rings. The van der Waals surface area contributed by atoms with E-state index in [9.17, 15) is 4.39 Å². The SMILES string of the molecule is CC(C)(CBr)c1cc(F)ccn1. The lowest BCUT2D eigenvalue weighted by molar-refractivity contribution is 0.563. The average Bonchev–Trinajstić information content (AvgIpc) is 2.05. The zero-order valence-corrected chi connectivity index (χ0v) is 8.73. The molecular formula is C9H11BrFN. The standard InChI is InChI=1S/C9H11BrFN/c1-9(2,6-10)8-5-7(11)3-4-12-8/h3-5H,6H2,1-2H3. The summed E-state index contributed by atoms with van der Waals surface area (Å²) in [6, 6.07) is 2.83. The van der Waals surface area contributed by atoms with Gasteiger partial charge in [-0.15, -0.1) is 0 Å². The molecule has 1 aromatic heterocycles. The molecule has 0 unspecified atom stereocenters. The van der Waals surface area contributed by atoms with Crippen molar-refractivity contribution in [1.82, 2.24) is 4.98 Å². The molecule has 0 aliphatic heterocycles. The summed E-state index contributed by atoms with van der Waals surface area (Å²) in [5.41, 5.74) is 0.668. The van der Waals surface area contributed by atoms with Crippen LogP contribution in [0.25, 0.3) is 0 Å². The molecule has 1 heterocycles. The van der Waals surface area contributed by atoms with Crippen LogP contribution in [0.15, 0.2) is 18.3 Å². The van der Waals surface area contributed by atoms with Crippen LogP contribution in [0.5, 0.6) is 0 Å². The molecular weight excluding hydrogens is 221 g/mol. The summed E-state index contributed by atoms with van der Waals surface area (Å²) >= 11 is 3.37. The highest BCUT2D eigenvalue weighted by atomic mass is 79.9. The van der Waals surface area contributed by atoms with E-state index in [1.807, 2.05) is 13.8 Å². The molecule has 66 valence electrons. The first-order valence-electron chi connectivity index (χ1n) is 3.74. The third-order valence-corrected chi connectivity index (χ3v) is 3.15. The number of rotatable bonds is 2. The molecule has 1 rings (SSSR count). The third-order valence-electron chi connectivity index (χ3n) is 1.75. The number of alkyl halides is 1. The molecule has 0 fully saturated rings. The Balaban J connectivity index is 3.03. The van der Waals surface area contributed by atoms with Gasteiger partial charge in [-0.25, -0.2) is 4.39 Å². The molecule has 1 nitrogen and oxygen atoms in total. The Morgan fingerprint density at radius 1 is 1.58 bits per heavy atom. The van der Waals surface area contributed by atoms with E-state index in [1.165, 1.54) is 18.3 Å². The van der Waals surface area contributed by atoms with E-state index in [0.717, 1.165) is 11.0 Å². The zero-order valence-electron chi connectivity index (χ0n) is 7.14. The van der Waals surface area contributed by atoms with Gasteiger partial charge < -0.3 is 0 Å². The first kappa shape index (κ1) is 9.65. The van der Waals surface area contributed by atoms with Gasteiger partial charge in [0.1, 0.15) is 5.82 Å². The predicted molar refractivity (Wildman–Crippen MR) is 51.0 cm³/mol.